The Morgan fingerprint density at radius 1 is 1.31 bits per heavy atom. The van der Waals surface area contributed by atoms with E-state index in [-0.39, 0.29) is 5.82 Å². The first-order valence-corrected chi connectivity index (χ1v) is 5.05. The topological polar surface area (TPSA) is 0 Å². The van der Waals surface area contributed by atoms with Crippen LogP contribution in [0.1, 0.15) is 37.7 Å². The lowest BCUT2D eigenvalue weighted by atomic mass is 9.70. The molecular weight excluding hydrogens is 163 g/mol. The molecule has 13 heavy (non-hydrogen) atoms. The summed E-state index contributed by atoms with van der Waals surface area (Å²) in [6.07, 6.45) is 3.60. The third kappa shape index (κ3) is 1.60. The molecule has 0 aromatic heterocycles. The third-order valence-electron chi connectivity index (χ3n) is 3.16. The van der Waals surface area contributed by atoms with Crippen LogP contribution in [0.3, 0.4) is 0 Å². The lowest BCUT2D eigenvalue weighted by Crippen LogP contribution is -2.21. The van der Waals surface area contributed by atoms with E-state index in [0.29, 0.717) is 5.92 Å². The second kappa shape index (κ2) is 3.49. The van der Waals surface area contributed by atoms with E-state index in [0.717, 1.165) is 11.5 Å². The summed E-state index contributed by atoms with van der Waals surface area (Å²) in [5, 5.41) is 0. The van der Waals surface area contributed by atoms with Crippen molar-refractivity contribution in [2.45, 2.75) is 32.1 Å². The van der Waals surface area contributed by atoms with Gasteiger partial charge < -0.3 is 0 Å². The molecule has 0 bridgehead atoms. The van der Waals surface area contributed by atoms with Crippen LogP contribution in [-0.2, 0) is 0 Å². The molecule has 1 aliphatic rings. The van der Waals surface area contributed by atoms with Gasteiger partial charge in [0.15, 0.2) is 0 Å². The Morgan fingerprint density at radius 2 is 2.00 bits per heavy atom. The molecule has 0 radical (unpaired) electrons. The van der Waals surface area contributed by atoms with Gasteiger partial charge in [-0.05, 0) is 36.3 Å². The van der Waals surface area contributed by atoms with Crippen LogP contribution < -0.4 is 0 Å². The highest BCUT2D eigenvalue weighted by atomic mass is 19.1. The normalized spacial score (nSPS) is 26.9. The van der Waals surface area contributed by atoms with E-state index in [1.165, 1.54) is 19.3 Å². The SMILES string of the molecule is CCC1CC(c2ccccc2F)C1. The molecule has 0 unspecified atom stereocenters. The van der Waals surface area contributed by atoms with Crippen LogP contribution >= 0.6 is 0 Å². The minimum Gasteiger partial charge on any atom is -0.207 e. The van der Waals surface area contributed by atoms with Crippen molar-refractivity contribution in [2.24, 2.45) is 5.92 Å². The van der Waals surface area contributed by atoms with Crippen LogP contribution in [0, 0.1) is 11.7 Å². The van der Waals surface area contributed by atoms with Gasteiger partial charge in [-0.2, -0.15) is 0 Å². The second-order valence-electron chi connectivity index (χ2n) is 3.96. The van der Waals surface area contributed by atoms with Gasteiger partial charge in [0, 0.05) is 0 Å². The summed E-state index contributed by atoms with van der Waals surface area (Å²) in [5.41, 5.74) is 0.923. The van der Waals surface area contributed by atoms with E-state index in [1.54, 1.807) is 12.1 Å². The van der Waals surface area contributed by atoms with Gasteiger partial charge in [-0.15, -0.1) is 0 Å². The average molecular weight is 178 g/mol. The van der Waals surface area contributed by atoms with E-state index in [9.17, 15) is 4.39 Å². The Kier molecular flexibility index (Phi) is 2.34. The first kappa shape index (κ1) is 8.74. The molecule has 0 atom stereocenters. The van der Waals surface area contributed by atoms with E-state index in [2.05, 4.69) is 6.92 Å². The maximum absolute atomic E-state index is 13.3. The molecule has 1 aromatic rings. The van der Waals surface area contributed by atoms with Gasteiger partial charge in [-0.1, -0.05) is 31.5 Å². The lowest BCUT2D eigenvalue weighted by Gasteiger charge is -2.35. The highest BCUT2D eigenvalue weighted by Crippen LogP contribution is 2.43. The summed E-state index contributed by atoms with van der Waals surface area (Å²) >= 11 is 0. The molecular formula is C12H15F. The Morgan fingerprint density at radius 3 is 2.62 bits per heavy atom. The minimum absolute atomic E-state index is 0.0259. The zero-order valence-corrected chi connectivity index (χ0v) is 7.96. The molecule has 0 N–H and O–H groups in total. The monoisotopic (exact) mass is 178 g/mol. The predicted molar refractivity (Wildman–Crippen MR) is 52.2 cm³/mol. The molecule has 0 nitrogen and oxygen atoms in total. The number of hydrogen-bond donors (Lipinski definition) is 0. The minimum atomic E-state index is -0.0259. The van der Waals surface area contributed by atoms with E-state index in [4.69, 9.17) is 0 Å². The highest BCUT2D eigenvalue weighted by Gasteiger charge is 2.30. The lowest BCUT2D eigenvalue weighted by molar-refractivity contribution is 0.251. The van der Waals surface area contributed by atoms with Gasteiger partial charge >= 0.3 is 0 Å². The second-order valence-corrected chi connectivity index (χ2v) is 3.96. The third-order valence-corrected chi connectivity index (χ3v) is 3.16. The van der Waals surface area contributed by atoms with Gasteiger partial charge in [0.1, 0.15) is 5.82 Å². The van der Waals surface area contributed by atoms with Crippen LogP contribution in [0.25, 0.3) is 0 Å². The maximum atomic E-state index is 13.3. The number of halogens is 1. The molecule has 1 aliphatic carbocycles. The Labute approximate surface area is 78.8 Å². The molecule has 0 saturated heterocycles. The highest BCUT2D eigenvalue weighted by molar-refractivity contribution is 5.23. The van der Waals surface area contributed by atoms with E-state index >= 15 is 0 Å². The summed E-state index contributed by atoms with van der Waals surface area (Å²) in [5.74, 6) is 1.30. The van der Waals surface area contributed by atoms with Crippen molar-refractivity contribution in [1.82, 2.24) is 0 Å². The van der Waals surface area contributed by atoms with E-state index in [1.807, 2.05) is 12.1 Å². The largest absolute Gasteiger partial charge is 0.207 e. The molecule has 1 fully saturated rings. The standard InChI is InChI=1S/C12H15F/c1-2-9-7-10(8-9)11-5-3-4-6-12(11)13/h3-6,9-10H,2,7-8H2,1H3. The van der Waals surface area contributed by atoms with Gasteiger partial charge in [0.05, 0.1) is 0 Å². The smallest absolute Gasteiger partial charge is 0.126 e. The summed E-state index contributed by atoms with van der Waals surface area (Å²) in [7, 11) is 0. The van der Waals surface area contributed by atoms with E-state index < -0.39 is 0 Å². The number of rotatable bonds is 2. The van der Waals surface area contributed by atoms with Gasteiger partial charge in [-0.3, -0.25) is 0 Å². The van der Waals surface area contributed by atoms with Crippen LogP contribution in [-0.4, -0.2) is 0 Å². The van der Waals surface area contributed by atoms with Crippen molar-refractivity contribution in [3.63, 3.8) is 0 Å². The first-order chi connectivity index (χ1) is 6.31. The Balaban J connectivity index is 2.07. The molecule has 1 aromatic carbocycles. The zero-order valence-electron chi connectivity index (χ0n) is 7.96. The summed E-state index contributed by atoms with van der Waals surface area (Å²) < 4.78 is 13.3. The summed E-state index contributed by atoms with van der Waals surface area (Å²) in [6.45, 7) is 2.21. The molecule has 70 valence electrons. The van der Waals surface area contributed by atoms with Crippen molar-refractivity contribution in [3.05, 3.63) is 35.6 Å². The molecule has 2 rings (SSSR count). The van der Waals surface area contributed by atoms with Crippen LogP contribution in [0.15, 0.2) is 24.3 Å². The average Bonchev–Trinajstić information content (AvgIpc) is 2.06. The van der Waals surface area contributed by atoms with Crippen molar-refractivity contribution >= 4 is 0 Å². The molecule has 1 saturated carbocycles. The zero-order chi connectivity index (χ0) is 9.26. The number of hydrogen-bond acceptors (Lipinski definition) is 0. The fourth-order valence-electron chi connectivity index (χ4n) is 2.13. The van der Waals surface area contributed by atoms with Crippen LogP contribution in [0.4, 0.5) is 4.39 Å². The molecule has 1 heteroatoms. The van der Waals surface area contributed by atoms with Crippen LogP contribution in [0.2, 0.25) is 0 Å². The van der Waals surface area contributed by atoms with Crippen LogP contribution in [0.5, 0.6) is 0 Å². The summed E-state index contributed by atoms with van der Waals surface area (Å²) in [4.78, 5) is 0. The summed E-state index contributed by atoms with van der Waals surface area (Å²) in [6, 6.07) is 7.17. The Bertz CT molecular complexity index is 287. The number of benzene rings is 1. The van der Waals surface area contributed by atoms with Gasteiger partial charge in [-0.25, -0.2) is 4.39 Å². The fourth-order valence-corrected chi connectivity index (χ4v) is 2.13. The maximum Gasteiger partial charge on any atom is 0.126 e. The molecule has 0 spiro atoms. The van der Waals surface area contributed by atoms with Crippen molar-refractivity contribution in [1.29, 1.82) is 0 Å². The molecule has 0 heterocycles. The van der Waals surface area contributed by atoms with Crippen molar-refractivity contribution in [2.75, 3.05) is 0 Å². The first-order valence-electron chi connectivity index (χ1n) is 5.05. The Hall–Kier alpha value is -0.850. The fraction of sp³-hybridized carbons (Fsp3) is 0.500. The van der Waals surface area contributed by atoms with Crippen molar-refractivity contribution in [3.8, 4) is 0 Å². The predicted octanol–water partition coefficient (Wildman–Crippen LogP) is 3.73. The van der Waals surface area contributed by atoms with Gasteiger partial charge in [0.25, 0.3) is 0 Å². The molecule has 0 amide bonds. The quantitative estimate of drug-likeness (QED) is 0.647. The molecule has 0 aliphatic heterocycles. The van der Waals surface area contributed by atoms with Crippen molar-refractivity contribution < 1.29 is 4.39 Å². The van der Waals surface area contributed by atoms with Gasteiger partial charge in [0.2, 0.25) is 0 Å².